The number of hydrazone groups is 1. The second-order valence-corrected chi connectivity index (χ2v) is 6.23. The Morgan fingerprint density at radius 2 is 2.04 bits per heavy atom. The van der Waals surface area contributed by atoms with Gasteiger partial charge in [0.05, 0.1) is 32.8 Å². The summed E-state index contributed by atoms with van der Waals surface area (Å²) in [5.41, 5.74) is 2.80. The van der Waals surface area contributed by atoms with Gasteiger partial charge in [-0.05, 0) is 24.3 Å². The first kappa shape index (κ1) is 17.9. The number of benzene rings is 1. The predicted molar refractivity (Wildman–Crippen MR) is 96.2 cm³/mol. The van der Waals surface area contributed by atoms with Crippen LogP contribution in [0.5, 0.6) is 11.5 Å². The lowest BCUT2D eigenvalue weighted by atomic mass is 10.2. The van der Waals surface area contributed by atoms with Crippen molar-refractivity contribution in [1.82, 2.24) is 10.3 Å². The van der Waals surface area contributed by atoms with Gasteiger partial charge in [-0.1, -0.05) is 11.8 Å². The summed E-state index contributed by atoms with van der Waals surface area (Å²) in [6.45, 7) is 0.264. The van der Waals surface area contributed by atoms with E-state index in [2.05, 4.69) is 10.5 Å². The van der Waals surface area contributed by atoms with Crippen molar-refractivity contribution in [2.45, 2.75) is 6.54 Å². The number of methoxy groups -OCH3 is 2. The summed E-state index contributed by atoms with van der Waals surface area (Å²) < 4.78 is 15.6. The zero-order valence-electron chi connectivity index (χ0n) is 14.2. The van der Waals surface area contributed by atoms with Crippen LogP contribution in [0.15, 0.2) is 46.1 Å². The highest BCUT2D eigenvalue weighted by molar-refractivity contribution is 8.15. The molecule has 8 nitrogen and oxygen atoms in total. The third kappa shape index (κ3) is 3.99. The number of carbonyl (C=O) groups excluding carboxylic acids is 2. The zero-order chi connectivity index (χ0) is 18.5. The number of carbonyl (C=O) groups is 2. The van der Waals surface area contributed by atoms with Gasteiger partial charge in [0, 0.05) is 11.6 Å². The Morgan fingerprint density at radius 3 is 2.65 bits per heavy atom. The maximum absolute atomic E-state index is 12.4. The number of furan rings is 1. The van der Waals surface area contributed by atoms with Gasteiger partial charge in [-0.2, -0.15) is 0 Å². The van der Waals surface area contributed by atoms with Crippen molar-refractivity contribution in [3.8, 4) is 11.5 Å². The summed E-state index contributed by atoms with van der Waals surface area (Å²) in [5, 5.41) is 4.50. The Balaban J connectivity index is 1.73. The normalized spacial score (nSPS) is 15.4. The van der Waals surface area contributed by atoms with Crippen molar-refractivity contribution in [2.75, 3.05) is 20.0 Å². The minimum absolute atomic E-state index is 0.0950. The van der Waals surface area contributed by atoms with E-state index in [9.17, 15) is 9.59 Å². The lowest BCUT2D eigenvalue weighted by Crippen LogP contribution is -2.31. The minimum Gasteiger partial charge on any atom is -0.497 e. The van der Waals surface area contributed by atoms with Crippen LogP contribution in [-0.2, 0) is 11.3 Å². The van der Waals surface area contributed by atoms with Crippen LogP contribution in [0.3, 0.4) is 0 Å². The lowest BCUT2D eigenvalue weighted by Gasteiger charge is -2.14. The fraction of sp³-hybridized carbons (Fsp3) is 0.235. The van der Waals surface area contributed by atoms with E-state index in [1.165, 1.54) is 37.1 Å². The number of amidine groups is 1. The molecule has 136 valence electrons. The zero-order valence-corrected chi connectivity index (χ0v) is 15.0. The number of thioether (sulfide) groups is 1. The van der Waals surface area contributed by atoms with E-state index in [1.54, 1.807) is 30.3 Å². The second kappa shape index (κ2) is 7.96. The van der Waals surface area contributed by atoms with Gasteiger partial charge in [0.1, 0.15) is 17.3 Å². The van der Waals surface area contributed by atoms with Gasteiger partial charge in [0.25, 0.3) is 5.91 Å². The SMILES string of the molecule is COc1cc(OC)cc(C(=O)N/N=C2\SCC(=O)N2Cc2ccco2)c1. The lowest BCUT2D eigenvalue weighted by molar-refractivity contribution is -0.124. The molecule has 1 N–H and O–H groups in total. The Kier molecular flexibility index (Phi) is 5.47. The van der Waals surface area contributed by atoms with Crippen molar-refractivity contribution in [3.63, 3.8) is 0 Å². The second-order valence-electron chi connectivity index (χ2n) is 5.28. The van der Waals surface area contributed by atoms with Crippen molar-refractivity contribution < 1.29 is 23.5 Å². The first-order valence-corrected chi connectivity index (χ1v) is 8.66. The minimum atomic E-state index is -0.437. The third-order valence-electron chi connectivity index (χ3n) is 3.62. The van der Waals surface area contributed by atoms with E-state index in [4.69, 9.17) is 13.9 Å². The van der Waals surface area contributed by atoms with Gasteiger partial charge in [-0.3, -0.25) is 14.5 Å². The Hall–Kier alpha value is -2.94. The quantitative estimate of drug-likeness (QED) is 0.777. The number of rotatable bonds is 6. The van der Waals surface area contributed by atoms with Crippen molar-refractivity contribution in [3.05, 3.63) is 47.9 Å². The molecule has 1 aromatic heterocycles. The molecule has 1 aromatic carbocycles. The molecule has 1 aliphatic heterocycles. The summed E-state index contributed by atoms with van der Waals surface area (Å²) in [4.78, 5) is 25.9. The summed E-state index contributed by atoms with van der Waals surface area (Å²) >= 11 is 1.25. The summed E-state index contributed by atoms with van der Waals surface area (Å²) in [6, 6.07) is 8.34. The molecule has 0 unspecified atom stereocenters. The molecule has 0 bridgehead atoms. The first-order valence-electron chi connectivity index (χ1n) is 7.67. The Labute approximate surface area is 154 Å². The van der Waals surface area contributed by atoms with Crippen LogP contribution in [0.4, 0.5) is 0 Å². The van der Waals surface area contributed by atoms with E-state index < -0.39 is 5.91 Å². The van der Waals surface area contributed by atoms with Crippen LogP contribution < -0.4 is 14.9 Å². The predicted octanol–water partition coefficient (Wildman–Crippen LogP) is 2.07. The van der Waals surface area contributed by atoms with Crippen molar-refractivity contribution >= 4 is 28.7 Å². The number of nitrogens with zero attached hydrogens (tertiary/aromatic N) is 2. The highest BCUT2D eigenvalue weighted by Crippen LogP contribution is 2.23. The number of amides is 2. The van der Waals surface area contributed by atoms with Gasteiger partial charge in [-0.25, -0.2) is 5.43 Å². The molecule has 0 aliphatic carbocycles. The summed E-state index contributed by atoms with van der Waals surface area (Å²) in [7, 11) is 3.01. The van der Waals surface area contributed by atoms with Gasteiger partial charge in [0.15, 0.2) is 5.17 Å². The fourth-order valence-electron chi connectivity index (χ4n) is 2.30. The van der Waals surface area contributed by atoms with E-state index >= 15 is 0 Å². The first-order chi connectivity index (χ1) is 12.6. The highest BCUT2D eigenvalue weighted by Gasteiger charge is 2.29. The van der Waals surface area contributed by atoms with Gasteiger partial charge >= 0.3 is 0 Å². The average Bonchev–Trinajstić information content (AvgIpc) is 3.30. The number of hydrogen-bond acceptors (Lipinski definition) is 7. The molecule has 0 saturated carbocycles. The smallest absolute Gasteiger partial charge is 0.271 e. The molecule has 1 aliphatic rings. The molecule has 9 heteroatoms. The summed E-state index contributed by atoms with van der Waals surface area (Å²) in [5.74, 6) is 1.36. The van der Waals surface area contributed by atoms with Crippen LogP contribution in [-0.4, -0.2) is 41.9 Å². The third-order valence-corrected chi connectivity index (χ3v) is 4.58. The highest BCUT2D eigenvalue weighted by atomic mass is 32.2. The maximum atomic E-state index is 12.4. The van der Waals surface area contributed by atoms with E-state index in [1.807, 2.05) is 0 Å². The van der Waals surface area contributed by atoms with Crippen LogP contribution in [0, 0.1) is 0 Å². The molecule has 2 aromatic rings. The molecule has 3 rings (SSSR count). The standard InChI is InChI=1S/C17H17N3O5S/c1-23-13-6-11(7-14(8-13)24-2)16(22)18-19-17-20(15(21)10-26-17)9-12-4-3-5-25-12/h3-8H,9-10H2,1-2H3,(H,18,22)/b19-17-. The summed E-state index contributed by atoms with van der Waals surface area (Å²) in [6.07, 6.45) is 1.54. The molecule has 0 spiro atoms. The van der Waals surface area contributed by atoms with Gasteiger partial charge in [-0.15, -0.1) is 5.10 Å². The number of hydrogen-bond donors (Lipinski definition) is 1. The average molecular weight is 375 g/mol. The Morgan fingerprint density at radius 1 is 1.31 bits per heavy atom. The Bertz CT molecular complexity index is 813. The molecule has 0 atom stereocenters. The maximum Gasteiger partial charge on any atom is 0.271 e. The van der Waals surface area contributed by atoms with Gasteiger partial charge < -0.3 is 13.9 Å². The monoisotopic (exact) mass is 375 g/mol. The molecule has 26 heavy (non-hydrogen) atoms. The molecule has 1 fully saturated rings. The van der Waals surface area contributed by atoms with Crippen LogP contribution >= 0.6 is 11.8 Å². The number of nitrogens with one attached hydrogen (secondary N) is 1. The molecular formula is C17H17N3O5S. The van der Waals surface area contributed by atoms with E-state index in [0.29, 0.717) is 28.0 Å². The fourth-order valence-corrected chi connectivity index (χ4v) is 3.14. The molecular weight excluding hydrogens is 358 g/mol. The van der Waals surface area contributed by atoms with E-state index in [-0.39, 0.29) is 18.2 Å². The van der Waals surface area contributed by atoms with Crippen molar-refractivity contribution in [2.24, 2.45) is 5.10 Å². The number of ether oxygens (including phenoxy) is 2. The topological polar surface area (TPSA) is 93.4 Å². The largest absolute Gasteiger partial charge is 0.497 e. The molecule has 1 saturated heterocycles. The van der Waals surface area contributed by atoms with Crippen LogP contribution in [0.1, 0.15) is 16.1 Å². The van der Waals surface area contributed by atoms with Crippen LogP contribution in [0.25, 0.3) is 0 Å². The van der Waals surface area contributed by atoms with Crippen molar-refractivity contribution in [1.29, 1.82) is 0 Å². The molecule has 2 heterocycles. The van der Waals surface area contributed by atoms with E-state index in [0.717, 1.165) is 0 Å². The van der Waals surface area contributed by atoms with Crippen LogP contribution in [0.2, 0.25) is 0 Å². The molecule has 2 amide bonds. The van der Waals surface area contributed by atoms with Gasteiger partial charge in [0.2, 0.25) is 5.91 Å². The molecule has 0 radical (unpaired) electrons.